The molecule has 1 heterocycles. The van der Waals surface area contributed by atoms with Gasteiger partial charge < -0.3 is 11.5 Å². The minimum Gasteiger partial charge on any atom is -0.399 e. The Labute approximate surface area is 147 Å². The Hall–Kier alpha value is -2.02. The third-order valence-electron chi connectivity index (χ3n) is 2.94. The lowest BCUT2D eigenvalue weighted by Crippen LogP contribution is -2.21. The number of nitrogens with zero attached hydrogens (tertiary/aromatic N) is 2. The number of aromatic nitrogens is 1. The van der Waals surface area contributed by atoms with Crippen molar-refractivity contribution in [2.75, 3.05) is 11.5 Å². The molecule has 120 valence electrons. The van der Waals surface area contributed by atoms with E-state index in [9.17, 15) is 4.79 Å². The number of halogens is 3. The highest BCUT2D eigenvalue weighted by Crippen LogP contribution is 2.34. The summed E-state index contributed by atoms with van der Waals surface area (Å²) in [5.74, 6) is -0.657. The van der Waals surface area contributed by atoms with Crippen molar-refractivity contribution < 1.29 is 4.79 Å². The summed E-state index contributed by atoms with van der Waals surface area (Å²) in [6, 6.07) is 7.02. The molecule has 0 bridgehead atoms. The standard InChI is InChI=1S/C14H12Cl3N5O/c1-6(7-2-4-8(18)5-3-7)21-22-14(23)12-9(15)11(19)10(16)13(17)20-12/h2-5H,18H2,1H3,(H2,19,20)(H,22,23)/b21-6+. The first-order valence-corrected chi connectivity index (χ1v) is 7.45. The van der Waals surface area contributed by atoms with Crippen molar-refractivity contribution in [3.8, 4) is 0 Å². The van der Waals surface area contributed by atoms with E-state index in [-0.39, 0.29) is 26.6 Å². The van der Waals surface area contributed by atoms with Crippen LogP contribution in [0.2, 0.25) is 15.2 Å². The highest BCUT2D eigenvalue weighted by atomic mass is 35.5. The van der Waals surface area contributed by atoms with E-state index in [2.05, 4.69) is 15.5 Å². The fourth-order valence-corrected chi connectivity index (χ4v) is 2.25. The number of pyridine rings is 1. The van der Waals surface area contributed by atoms with Crippen molar-refractivity contribution in [2.45, 2.75) is 6.92 Å². The topological polar surface area (TPSA) is 106 Å². The molecule has 6 nitrogen and oxygen atoms in total. The van der Waals surface area contributed by atoms with Crippen LogP contribution in [0.15, 0.2) is 29.4 Å². The lowest BCUT2D eigenvalue weighted by molar-refractivity contribution is 0.0950. The highest BCUT2D eigenvalue weighted by Gasteiger charge is 2.19. The molecule has 0 saturated carbocycles. The molecule has 1 aromatic heterocycles. The van der Waals surface area contributed by atoms with Crippen molar-refractivity contribution in [3.63, 3.8) is 0 Å². The fourth-order valence-electron chi connectivity index (χ4n) is 1.66. The van der Waals surface area contributed by atoms with E-state index in [1.807, 2.05) is 0 Å². The van der Waals surface area contributed by atoms with Gasteiger partial charge in [-0.25, -0.2) is 10.4 Å². The number of nitrogens with two attached hydrogens (primary N) is 2. The molecule has 5 N–H and O–H groups in total. The maximum atomic E-state index is 12.1. The molecule has 1 amide bonds. The normalized spacial score (nSPS) is 11.4. The van der Waals surface area contributed by atoms with E-state index in [1.54, 1.807) is 31.2 Å². The van der Waals surface area contributed by atoms with E-state index in [0.717, 1.165) is 5.56 Å². The van der Waals surface area contributed by atoms with E-state index in [1.165, 1.54) is 0 Å². The summed E-state index contributed by atoms with van der Waals surface area (Å²) in [7, 11) is 0. The summed E-state index contributed by atoms with van der Waals surface area (Å²) < 4.78 is 0. The van der Waals surface area contributed by atoms with Gasteiger partial charge in [0.25, 0.3) is 5.91 Å². The number of hydrazone groups is 1. The van der Waals surface area contributed by atoms with Crippen LogP contribution in [0.3, 0.4) is 0 Å². The van der Waals surface area contributed by atoms with Gasteiger partial charge in [0.2, 0.25) is 0 Å². The van der Waals surface area contributed by atoms with Crippen LogP contribution in [0.25, 0.3) is 0 Å². The minimum absolute atomic E-state index is 0.00484. The third-order valence-corrected chi connectivity index (χ3v) is 4.08. The number of hydrogen-bond acceptors (Lipinski definition) is 5. The Balaban J connectivity index is 2.23. The second-order valence-electron chi connectivity index (χ2n) is 4.55. The van der Waals surface area contributed by atoms with Gasteiger partial charge in [-0.3, -0.25) is 4.79 Å². The summed E-state index contributed by atoms with van der Waals surface area (Å²) in [5.41, 5.74) is 15.4. The smallest absolute Gasteiger partial charge is 0.291 e. The Kier molecular flexibility index (Phi) is 5.30. The number of anilines is 2. The van der Waals surface area contributed by atoms with Crippen LogP contribution in [0.1, 0.15) is 23.0 Å². The quantitative estimate of drug-likeness (QED) is 0.332. The van der Waals surface area contributed by atoms with Gasteiger partial charge in [-0.05, 0) is 24.6 Å². The predicted molar refractivity (Wildman–Crippen MR) is 94.2 cm³/mol. The van der Waals surface area contributed by atoms with Crippen molar-refractivity contribution >= 4 is 57.8 Å². The number of benzene rings is 1. The molecule has 0 radical (unpaired) electrons. The summed E-state index contributed by atoms with van der Waals surface area (Å²) >= 11 is 17.6. The lowest BCUT2D eigenvalue weighted by Gasteiger charge is -2.08. The monoisotopic (exact) mass is 371 g/mol. The molecule has 23 heavy (non-hydrogen) atoms. The van der Waals surface area contributed by atoms with Crippen molar-refractivity contribution in [1.29, 1.82) is 0 Å². The lowest BCUT2D eigenvalue weighted by atomic mass is 10.1. The average Bonchev–Trinajstić information content (AvgIpc) is 2.54. The molecule has 0 saturated heterocycles. The number of amides is 1. The van der Waals surface area contributed by atoms with Gasteiger partial charge in [0.05, 0.1) is 16.4 Å². The number of carbonyl (C=O) groups excluding carboxylic acids is 1. The first kappa shape index (κ1) is 17.3. The average molecular weight is 373 g/mol. The summed E-state index contributed by atoms with van der Waals surface area (Å²) in [6.45, 7) is 1.73. The van der Waals surface area contributed by atoms with Crippen LogP contribution < -0.4 is 16.9 Å². The summed E-state index contributed by atoms with van der Waals surface area (Å²) in [4.78, 5) is 15.9. The van der Waals surface area contributed by atoms with Gasteiger partial charge in [0.1, 0.15) is 5.02 Å². The molecule has 0 fully saturated rings. The van der Waals surface area contributed by atoms with Gasteiger partial charge >= 0.3 is 0 Å². The molecule has 9 heteroatoms. The van der Waals surface area contributed by atoms with Crippen LogP contribution in [0, 0.1) is 0 Å². The van der Waals surface area contributed by atoms with Gasteiger partial charge in [-0.2, -0.15) is 5.10 Å². The maximum absolute atomic E-state index is 12.1. The van der Waals surface area contributed by atoms with Crippen LogP contribution in [0.4, 0.5) is 11.4 Å². The summed E-state index contributed by atoms with van der Waals surface area (Å²) in [5, 5.41) is 3.78. The molecule has 1 aromatic carbocycles. The predicted octanol–water partition coefficient (Wildman–Crippen LogP) is 3.36. The van der Waals surface area contributed by atoms with Gasteiger partial charge in [-0.15, -0.1) is 0 Å². The molecular weight excluding hydrogens is 361 g/mol. The number of nitrogen functional groups attached to an aromatic ring is 2. The molecule has 0 aliphatic carbocycles. The molecule has 0 aliphatic heterocycles. The zero-order valence-electron chi connectivity index (χ0n) is 11.9. The van der Waals surface area contributed by atoms with Gasteiger partial charge in [-0.1, -0.05) is 46.9 Å². The number of rotatable bonds is 3. The van der Waals surface area contributed by atoms with Crippen molar-refractivity contribution in [2.24, 2.45) is 5.10 Å². The molecule has 0 aliphatic rings. The molecule has 2 rings (SSSR count). The van der Waals surface area contributed by atoms with Crippen LogP contribution >= 0.6 is 34.8 Å². The first-order chi connectivity index (χ1) is 10.8. The maximum Gasteiger partial charge on any atom is 0.291 e. The largest absolute Gasteiger partial charge is 0.399 e. The van der Waals surface area contributed by atoms with Crippen molar-refractivity contribution in [1.82, 2.24) is 10.4 Å². The molecule has 0 unspecified atom stereocenters. The Morgan fingerprint density at radius 1 is 1.13 bits per heavy atom. The SMILES string of the molecule is C/C(=N\NC(=O)c1nc(Cl)c(Cl)c(N)c1Cl)c1ccc(N)cc1. The zero-order valence-corrected chi connectivity index (χ0v) is 14.2. The van der Waals surface area contributed by atoms with E-state index in [0.29, 0.717) is 11.4 Å². The van der Waals surface area contributed by atoms with Crippen LogP contribution in [-0.4, -0.2) is 16.6 Å². The second kappa shape index (κ2) is 7.04. The first-order valence-electron chi connectivity index (χ1n) is 6.31. The van der Waals surface area contributed by atoms with E-state index in [4.69, 9.17) is 46.3 Å². The Morgan fingerprint density at radius 2 is 1.74 bits per heavy atom. The zero-order chi connectivity index (χ0) is 17.1. The number of carbonyl (C=O) groups is 1. The number of nitrogens with one attached hydrogen (secondary N) is 1. The Bertz CT molecular complexity index is 790. The van der Waals surface area contributed by atoms with Gasteiger partial charge in [0.15, 0.2) is 10.8 Å². The van der Waals surface area contributed by atoms with Gasteiger partial charge in [0, 0.05) is 5.69 Å². The fraction of sp³-hybridized carbons (Fsp3) is 0.0714. The van der Waals surface area contributed by atoms with Crippen molar-refractivity contribution in [3.05, 3.63) is 50.7 Å². The highest BCUT2D eigenvalue weighted by molar-refractivity contribution is 6.46. The van der Waals surface area contributed by atoms with E-state index >= 15 is 0 Å². The minimum atomic E-state index is -0.657. The molecule has 0 atom stereocenters. The van der Waals surface area contributed by atoms with E-state index < -0.39 is 5.91 Å². The third kappa shape index (κ3) is 3.85. The Morgan fingerprint density at radius 3 is 2.35 bits per heavy atom. The van der Waals surface area contributed by atoms with Crippen LogP contribution in [-0.2, 0) is 0 Å². The molecular formula is C14H12Cl3N5O. The molecule has 0 spiro atoms. The summed E-state index contributed by atoms with van der Waals surface area (Å²) in [6.07, 6.45) is 0. The van der Waals surface area contributed by atoms with Crippen LogP contribution in [0.5, 0.6) is 0 Å². The number of hydrogen-bond donors (Lipinski definition) is 3. The molecule has 2 aromatic rings. The second-order valence-corrected chi connectivity index (χ2v) is 5.67.